The summed E-state index contributed by atoms with van der Waals surface area (Å²) in [4.78, 5) is 2.42. The van der Waals surface area contributed by atoms with Gasteiger partial charge in [0.05, 0.1) is 0 Å². The third-order valence-electron chi connectivity index (χ3n) is 4.79. The third-order valence-corrected chi connectivity index (χ3v) is 5.51. The number of benzene rings is 2. The molecular formula is C21H18IN. The fourth-order valence-electron chi connectivity index (χ4n) is 3.63. The molecule has 0 saturated carbocycles. The van der Waals surface area contributed by atoms with Crippen molar-refractivity contribution >= 4 is 34.0 Å². The molecule has 1 aliphatic carbocycles. The highest BCUT2D eigenvalue weighted by Gasteiger charge is 2.38. The molecule has 0 fully saturated rings. The maximum atomic E-state index is 3.45. The van der Waals surface area contributed by atoms with Gasteiger partial charge in [0.25, 0.3) is 0 Å². The zero-order valence-electron chi connectivity index (χ0n) is 13.4. The Hall–Kier alpha value is -1.73. The van der Waals surface area contributed by atoms with E-state index in [0.717, 1.165) is 12.8 Å². The van der Waals surface area contributed by atoms with Crippen LogP contribution in [0.15, 0.2) is 59.8 Å². The number of hydrogen-bond acceptors (Lipinski definition) is 1. The Balaban J connectivity index is 2.00. The van der Waals surface area contributed by atoms with Gasteiger partial charge in [-0.2, -0.15) is 0 Å². The van der Waals surface area contributed by atoms with Gasteiger partial charge in [-0.15, -0.1) is 0 Å². The summed E-state index contributed by atoms with van der Waals surface area (Å²) < 4.78 is 1.26. The first-order valence-electron chi connectivity index (χ1n) is 7.97. The molecule has 1 aliphatic heterocycles. The summed E-state index contributed by atoms with van der Waals surface area (Å²) in [6.07, 6.45) is 1.96. The molecular weight excluding hydrogens is 393 g/mol. The van der Waals surface area contributed by atoms with Gasteiger partial charge in [0.2, 0.25) is 0 Å². The van der Waals surface area contributed by atoms with Crippen LogP contribution in [0.25, 0.3) is 0 Å². The second-order valence-electron chi connectivity index (χ2n) is 6.58. The van der Waals surface area contributed by atoms with E-state index in [1.165, 1.54) is 31.8 Å². The Bertz CT molecular complexity index is 863. The topological polar surface area (TPSA) is 3.24 Å². The molecule has 1 nitrogen and oxygen atoms in total. The minimum absolute atomic E-state index is 0.0287. The van der Waals surface area contributed by atoms with E-state index in [1.54, 1.807) is 0 Å². The van der Waals surface area contributed by atoms with Gasteiger partial charge in [-0.25, -0.2) is 0 Å². The van der Waals surface area contributed by atoms with Crippen LogP contribution in [-0.4, -0.2) is 0 Å². The first kappa shape index (κ1) is 14.8. The molecule has 0 N–H and O–H groups in total. The van der Waals surface area contributed by atoms with Crippen molar-refractivity contribution in [2.24, 2.45) is 0 Å². The predicted molar refractivity (Wildman–Crippen MR) is 105 cm³/mol. The Morgan fingerprint density at radius 3 is 2.57 bits per heavy atom. The first-order valence-corrected chi connectivity index (χ1v) is 9.04. The lowest BCUT2D eigenvalue weighted by Gasteiger charge is -2.43. The molecule has 0 amide bonds. The SMILES string of the molecule is CC1(C)C2=C(CCC#C2)N(c2ccc(I)cc2)c2ccccc21. The molecule has 0 atom stereocenters. The number of allylic oxidation sites excluding steroid dienone is 2. The molecule has 4 rings (SSSR count). The molecule has 2 aromatic rings. The van der Waals surface area contributed by atoms with Crippen molar-refractivity contribution in [3.05, 3.63) is 68.9 Å². The molecule has 2 heteroatoms. The lowest BCUT2D eigenvalue weighted by Crippen LogP contribution is -2.34. The summed E-state index contributed by atoms with van der Waals surface area (Å²) in [6.45, 7) is 4.60. The average molecular weight is 411 g/mol. The number of halogens is 1. The van der Waals surface area contributed by atoms with E-state index in [2.05, 4.69) is 102 Å². The van der Waals surface area contributed by atoms with E-state index < -0.39 is 0 Å². The number of hydrogen-bond donors (Lipinski definition) is 0. The van der Waals surface area contributed by atoms with Crippen LogP contribution >= 0.6 is 22.6 Å². The normalized spacial score (nSPS) is 18.0. The molecule has 2 aromatic carbocycles. The van der Waals surface area contributed by atoms with E-state index in [4.69, 9.17) is 0 Å². The van der Waals surface area contributed by atoms with Crippen LogP contribution < -0.4 is 4.90 Å². The first-order chi connectivity index (χ1) is 11.1. The quantitative estimate of drug-likeness (QED) is 0.425. The van der Waals surface area contributed by atoms with Crippen LogP contribution in [0.1, 0.15) is 32.3 Å². The largest absolute Gasteiger partial charge is 0.313 e. The minimum atomic E-state index is -0.0287. The van der Waals surface area contributed by atoms with Crippen LogP contribution in [0.4, 0.5) is 11.4 Å². The zero-order valence-corrected chi connectivity index (χ0v) is 15.5. The Morgan fingerprint density at radius 1 is 1.04 bits per heavy atom. The van der Waals surface area contributed by atoms with Crippen molar-refractivity contribution in [1.82, 2.24) is 0 Å². The van der Waals surface area contributed by atoms with E-state index in [0.29, 0.717) is 0 Å². The van der Waals surface area contributed by atoms with Crippen LogP contribution in [0, 0.1) is 15.4 Å². The van der Waals surface area contributed by atoms with E-state index >= 15 is 0 Å². The molecule has 114 valence electrons. The lowest BCUT2D eigenvalue weighted by molar-refractivity contribution is 0.611. The van der Waals surface area contributed by atoms with Crippen molar-refractivity contribution in [1.29, 1.82) is 0 Å². The second kappa shape index (κ2) is 5.42. The van der Waals surface area contributed by atoms with Crippen molar-refractivity contribution in [2.75, 3.05) is 4.90 Å². The standard InChI is InChI=1S/C21H18IN/c1-21(2)17-7-3-5-9-19(17)23(16-13-11-15(22)12-14-16)20-10-6-4-8-18(20)21/h3,5,7,9,11-14H,6,10H2,1-2H3. The monoisotopic (exact) mass is 411 g/mol. The molecule has 0 unspecified atom stereocenters. The molecule has 1 heterocycles. The van der Waals surface area contributed by atoms with Gasteiger partial charge in [0.15, 0.2) is 0 Å². The molecule has 0 saturated heterocycles. The summed E-state index contributed by atoms with van der Waals surface area (Å²) in [5, 5.41) is 0. The molecule has 0 bridgehead atoms. The summed E-state index contributed by atoms with van der Waals surface area (Å²) >= 11 is 2.36. The van der Waals surface area contributed by atoms with Crippen molar-refractivity contribution in [3.63, 3.8) is 0 Å². The van der Waals surface area contributed by atoms with E-state index in [1.807, 2.05) is 0 Å². The average Bonchev–Trinajstić information content (AvgIpc) is 2.57. The van der Waals surface area contributed by atoms with Crippen LogP contribution in [0.5, 0.6) is 0 Å². The van der Waals surface area contributed by atoms with Gasteiger partial charge >= 0.3 is 0 Å². The maximum absolute atomic E-state index is 3.45. The summed E-state index contributed by atoms with van der Waals surface area (Å²) in [6, 6.07) is 17.5. The Labute approximate surface area is 151 Å². The van der Waals surface area contributed by atoms with Gasteiger partial charge in [0.1, 0.15) is 0 Å². The highest BCUT2D eigenvalue weighted by molar-refractivity contribution is 14.1. The maximum Gasteiger partial charge on any atom is 0.0499 e. The molecule has 23 heavy (non-hydrogen) atoms. The van der Waals surface area contributed by atoms with Crippen LogP contribution in [0.2, 0.25) is 0 Å². The lowest BCUT2D eigenvalue weighted by atomic mass is 9.72. The van der Waals surface area contributed by atoms with Crippen molar-refractivity contribution < 1.29 is 0 Å². The number of anilines is 2. The summed E-state index contributed by atoms with van der Waals surface area (Å²) in [5.74, 6) is 6.77. The van der Waals surface area contributed by atoms with Crippen molar-refractivity contribution in [3.8, 4) is 11.8 Å². The van der Waals surface area contributed by atoms with Crippen molar-refractivity contribution in [2.45, 2.75) is 32.1 Å². The highest BCUT2D eigenvalue weighted by Crippen LogP contribution is 2.49. The zero-order chi connectivity index (χ0) is 16.0. The Kier molecular flexibility index (Phi) is 3.50. The third kappa shape index (κ3) is 2.30. The minimum Gasteiger partial charge on any atom is -0.313 e. The molecule has 2 aliphatic rings. The number of rotatable bonds is 1. The van der Waals surface area contributed by atoms with E-state index in [9.17, 15) is 0 Å². The van der Waals surface area contributed by atoms with Gasteiger partial charge in [-0.1, -0.05) is 43.9 Å². The summed E-state index contributed by atoms with van der Waals surface area (Å²) in [7, 11) is 0. The predicted octanol–water partition coefficient (Wildman–Crippen LogP) is 5.77. The van der Waals surface area contributed by atoms with Gasteiger partial charge in [0, 0.05) is 38.1 Å². The smallest absolute Gasteiger partial charge is 0.0499 e. The molecule has 0 spiro atoms. The van der Waals surface area contributed by atoms with Gasteiger partial charge in [-0.3, -0.25) is 0 Å². The van der Waals surface area contributed by atoms with Gasteiger partial charge in [-0.05, 0) is 64.9 Å². The van der Waals surface area contributed by atoms with Gasteiger partial charge < -0.3 is 4.90 Å². The highest BCUT2D eigenvalue weighted by atomic mass is 127. The van der Waals surface area contributed by atoms with E-state index in [-0.39, 0.29) is 5.41 Å². The van der Waals surface area contributed by atoms with Crippen LogP contribution in [0.3, 0.4) is 0 Å². The van der Waals surface area contributed by atoms with Crippen LogP contribution in [-0.2, 0) is 5.41 Å². The second-order valence-corrected chi connectivity index (χ2v) is 7.82. The number of nitrogens with zero attached hydrogens (tertiary/aromatic N) is 1. The fourth-order valence-corrected chi connectivity index (χ4v) is 3.99. The Morgan fingerprint density at radius 2 is 1.78 bits per heavy atom. The number of para-hydroxylation sites is 1. The summed E-state index contributed by atoms with van der Waals surface area (Å²) in [5.41, 5.74) is 6.49. The molecule has 0 radical (unpaired) electrons. The molecule has 0 aromatic heterocycles. The number of fused-ring (bicyclic) bond motifs is 1. The fraction of sp³-hybridized carbons (Fsp3) is 0.238.